The number of urea groups is 1. The Labute approximate surface area is 95.9 Å². The fourth-order valence-corrected chi connectivity index (χ4v) is 1.28. The Bertz CT molecular complexity index is 302. The molecule has 0 aromatic rings. The van der Waals surface area contributed by atoms with Gasteiger partial charge in [0.1, 0.15) is 0 Å². The topological polar surface area (TPSA) is 61.4 Å². The molecule has 3 amide bonds. The van der Waals surface area contributed by atoms with Crippen LogP contribution in [0.5, 0.6) is 0 Å². The summed E-state index contributed by atoms with van der Waals surface area (Å²) in [5, 5.41) is 5.73. The lowest BCUT2D eigenvalue weighted by molar-refractivity contribution is -0.124. The Kier molecular flexibility index (Phi) is 3.70. The highest BCUT2D eigenvalue weighted by Crippen LogP contribution is 2.05. The molecule has 0 unspecified atom stereocenters. The van der Waals surface area contributed by atoms with Crippen molar-refractivity contribution in [3.63, 3.8) is 0 Å². The van der Waals surface area contributed by atoms with Crippen LogP contribution >= 0.6 is 0 Å². The largest absolute Gasteiger partial charge is 0.329 e. The summed E-state index contributed by atoms with van der Waals surface area (Å²) < 4.78 is 0. The van der Waals surface area contributed by atoms with Gasteiger partial charge in [0.15, 0.2) is 0 Å². The van der Waals surface area contributed by atoms with Gasteiger partial charge >= 0.3 is 6.03 Å². The standard InChI is InChI=1S/C11H19N3O2/c1-8(5-13-11(2,3)4)7-14-9(15)6-12-10(14)16/h13H,1,5-7H2,2-4H3,(H,12,16). The molecule has 1 fully saturated rings. The first kappa shape index (κ1) is 12.7. The molecule has 0 saturated carbocycles. The molecular weight excluding hydrogens is 206 g/mol. The summed E-state index contributed by atoms with van der Waals surface area (Å²) in [4.78, 5) is 23.7. The van der Waals surface area contributed by atoms with Crippen LogP contribution in [0.3, 0.4) is 0 Å². The lowest BCUT2D eigenvalue weighted by atomic mass is 10.1. The highest BCUT2D eigenvalue weighted by atomic mass is 16.2. The Balaban J connectivity index is 2.40. The summed E-state index contributed by atoms with van der Waals surface area (Å²) in [5.74, 6) is -0.193. The van der Waals surface area contributed by atoms with Crippen molar-refractivity contribution in [1.82, 2.24) is 15.5 Å². The number of carbonyl (C=O) groups is 2. The molecule has 1 rings (SSSR count). The average Bonchev–Trinajstić information content (AvgIpc) is 2.45. The third kappa shape index (κ3) is 3.66. The molecule has 16 heavy (non-hydrogen) atoms. The van der Waals surface area contributed by atoms with Crippen molar-refractivity contribution < 1.29 is 9.59 Å². The quantitative estimate of drug-likeness (QED) is 0.540. The Morgan fingerprint density at radius 1 is 1.50 bits per heavy atom. The van der Waals surface area contributed by atoms with Crippen molar-refractivity contribution in [3.05, 3.63) is 12.2 Å². The third-order valence-corrected chi connectivity index (χ3v) is 2.19. The highest BCUT2D eigenvalue weighted by molar-refractivity contribution is 6.02. The molecule has 0 radical (unpaired) electrons. The van der Waals surface area contributed by atoms with E-state index in [0.29, 0.717) is 6.54 Å². The maximum Gasteiger partial charge on any atom is 0.324 e. The zero-order chi connectivity index (χ0) is 12.3. The molecule has 2 N–H and O–H groups in total. The lowest BCUT2D eigenvalue weighted by Gasteiger charge is -2.22. The number of imide groups is 1. The van der Waals surface area contributed by atoms with E-state index in [0.717, 1.165) is 5.57 Å². The van der Waals surface area contributed by atoms with Crippen LogP contribution in [-0.4, -0.2) is 42.0 Å². The molecule has 0 bridgehead atoms. The number of hydrogen-bond donors (Lipinski definition) is 2. The molecular formula is C11H19N3O2. The maximum absolute atomic E-state index is 11.3. The zero-order valence-electron chi connectivity index (χ0n) is 10.1. The first-order valence-corrected chi connectivity index (χ1v) is 5.29. The van der Waals surface area contributed by atoms with Crippen molar-refractivity contribution >= 4 is 11.9 Å². The maximum atomic E-state index is 11.3. The van der Waals surface area contributed by atoms with Crippen LogP contribution in [-0.2, 0) is 4.79 Å². The summed E-state index contributed by atoms with van der Waals surface area (Å²) in [6.07, 6.45) is 0. The van der Waals surface area contributed by atoms with Gasteiger partial charge in [0.2, 0.25) is 5.91 Å². The highest BCUT2D eigenvalue weighted by Gasteiger charge is 2.28. The monoisotopic (exact) mass is 225 g/mol. The van der Waals surface area contributed by atoms with Crippen LogP contribution in [0.4, 0.5) is 4.79 Å². The summed E-state index contributed by atoms with van der Waals surface area (Å²) in [6.45, 7) is 11.0. The summed E-state index contributed by atoms with van der Waals surface area (Å²) in [7, 11) is 0. The van der Waals surface area contributed by atoms with E-state index in [9.17, 15) is 9.59 Å². The van der Waals surface area contributed by atoms with Crippen molar-refractivity contribution in [1.29, 1.82) is 0 Å². The molecule has 5 nitrogen and oxygen atoms in total. The fraction of sp³-hybridized carbons (Fsp3) is 0.636. The van der Waals surface area contributed by atoms with Gasteiger partial charge in [0, 0.05) is 12.1 Å². The van der Waals surface area contributed by atoms with Crippen molar-refractivity contribution in [3.8, 4) is 0 Å². The molecule has 0 aliphatic carbocycles. The summed E-state index contributed by atoms with van der Waals surface area (Å²) in [6, 6.07) is -0.332. The summed E-state index contributed by atoms with van der Waals surface area (Å²) >= 11 is 0. The van der Waals surface area contributed by atoms with Gasteiger partial charge in [0.05, 0.1) is 13.1 Å². The van der Waals surface area contributed by atoms with Gasteiger partial charge < -0.3 is 10.6 Å². The van der Waals surface area contributed by atoms with Crippen LogP contribution in [0.15, 0.2) is 12.2 Å². The van der Waals surface area contributed by atoms with Gasteiger partial charge in [-0.1, -0.05) is 6.58 Å². The van der Waals surface area contributed by atoms with Crippen LogP contribution in [0.1, 0.15) is 20.8 Å². The Hall–Kier alpha value is -1.36. The Morgan fingerprint density at radius 2 is 2.12 bits per heavy atom. The van der Waals surface area contributed by atoms with Crippen LogP contribution in [0.25, 0.3) is 0 Å². The molecule has 1 heterocycles. The molecule has 1 saturated heterocycles. The predicted octanol–water partition coefficient (Wildman–Crippen LogP) is 0.482. The van der Waals surface area contributed by atoms with Gasteiger partial charge in [-0.25, -0.2) is 4.79 Å². The molecule has 0 aromatic heterocycles. The van der Waals surface area contributed by atoms with Crippen LogP contribution in [0, 0.1) is 0 Å². The van der Waals surface area contributed by atoms with Gasteiger partial charge in [-0.2, -0.15) is 0 Å². The third-order valence-electron chi connectivity index (χ3n) is 2.19. The number of nitrogens with zero attached hydrogens (tertiary/aromatic N) is 1. The van der Waals surface area contributed by atoms with E-state index >= 15 is 0 Å². The average molecular weight is 225 g/mol. The number of carbonyl (C=O) groups excluding carboxylic acids is 2. The molecule has 5 heteroatoms. The first-order valence-electron chi connectivity index (χ1n) is 5.29. The summed E-state index contributed by atoms with van der Waals surface area (Å²) in [5.41, 5.74) is 0.820. The lowest BCUT2D eigenvalue weighted by Crippen LogP contribution is -2.40. The van der Waals surface area contributed by atoms with E-state index < -0.39 is 0 Å². The molecule has 0 spiro atoms. The normalized spacial score (nSPS) is 16.6. The minimum Gasteiger partial charge on any atom is -0.329 e. The van der Waals surface area contributed by atoms with E-state index in [-0.39, 0.29) is 30.6 Å². The molecule has 90 valence electrons. The molecule has 1 aliphatic rings. The number of rotatable bonds is 4. The van der Waals surface area contributed by atoms with E-state index in [1.165, 1.54) is 4.90 Å². The Morgan fingerprint density at radius 3 is 2.56 bits per heavy atom. The van der Waals surface area contributed by atoms with Gasteiger partial charge in [-0.3, -0.25) is 9.69 Å². The zero-order valence-corrected chi connectivity index (χ0v) is 10.1. The first-order chi connectivity index (χ1) is 7.29. The van der Waals surface area contributed by atoms with Gasteiger partial charge in [0.25, 0.3) is 0 Å². The van der Waals surface area contributed by atoms with Crippen molar-refractivity contribution in [2.45, 2.75) is 26.3 Å². The fourth-order valence-electron chi connectivity index (χ4n) is 1.28. The van der Waals surface area contributed by atoms with E-state index in [1.54, 1.807) is 0 Å². The van der Waals surface area contributed by atoms with Crippen molar-refractivity contribution in [2.75, 3.05) is 19.6 Å². The molecule has 0 atom stereocenters. The van der Waals surface area contributed by atoms with E-state index in [2.05, 4.69) is 17.2 Å². The van der Waals surface area contributed by atoms with Gasteiger partial charge in [-0.05, 0) is 26.3 Å². The van der Waals surface area contributed by atoms with Crippen LogP contribution < -0.4 is 10.6 Å². The predicted molar refractivity (Wildman–Crippen MR) is 62.0 cm³/mol. The van der Waals surface area contributed by atoms with E-state index in [1.807, 2.05) is 20.8 Å². The number of amides is 3. The second-order valence-electron chi connectivity index (χ2n) is 4.99. The second kappa shape index (κ2) is 4.65. The van der Waals surface area contributed by atoms with Gasteiger partial charge in [-0.15, -0.1) is 0 Å². The minimum absolute atomic E-state index is 0.000215. The molecule has 0 aromatic carbocycles. The smallest absolute Gasteiger partial charge is 0.324 e. The second-order valence-corrected chi connectivity index (χ2v) is 4.99. The number of hydrogen-bond acceptors (Lipinski definition) is 3. The SMILES string of the molecule is C=C(CNC(C)(C)C)CN1C(=O)CNC1=O. The molecule has 1 aliphatic heterocycles. The number of nitrogens with one attached hydrogen (secondary N) is 2. The van der Waals surface area contributed by atoms with E-state index in [4.69, 9.17) is 0 Å². The van der Waals surface area contributed by atoms with Crippen molar-refractivity contribution in [2.24, 2.45) is 0 Å². The minimum atomic E-state index is -0.332. The van der Waals surface area contributed by atoms with Crippen LogP contribution in [0.2, 0.25) is 0 Å².